The zero-order valence-corrected chi connectivity index (χ0v) is 7.37. The Morgan fingerprint density at radius 3 is 2.67 bits per heavy atom. The third kappa shape index (κ3) is 1.88. The quantitative estimate of drug-likeness (QED) is 0.705. The van der Waals surface area contributed by atoms with Crippen LogP contribution in [0.3, 0.4) is 0 Å². The molecule has 1 aromatic rings. The van der Waals surface area contributed by atoms with Gasteiger partial charge in [-0.25, -0.2) is 4.39 Å². The molecular formula is C8H8F2OS. The normalized spacial score (nSPS) is 10.0. The van der Waals surface area contributed by atoms with Crippen molar-refractivity contribution in [1.29, 1.82) is 0 Å². The molecule has 1 nitrogen and oxygen atoms in total. The number of halogens is 2. The summed E-state index contributed by atoms with van der Waals surface area (Å²) in [5.41, 5.74) is 0. The molecule has 0 bridgehead atoms. The van der Waals surface area contributed by atoms with E-state index in [4.69, 9.17) is 4.74 Å². The van der Waals surface area contributed by atoms with Crippen LogP contribution in [0.1, 0.15) is 6.92 Å². The molecule has 0 spiro atoms. The third-order valence-electron chi connectivity index (χ3n) is 1.28. The van der Waals surface area contributed by atoms with Crippen LogP contribution < -0.4 is 4.74 Å². The summed E-state index contributed by atoms with van der Waals surface area (Å²) in [6.07, 6.45) is 0. The lowest BCUT2D eigenvalue weighted by atomic mass is 10.3. The van der Waals surface area contributed by atoms with Crippen LogP contribution in [0.15, 0.2) is 17.0 Å². The Bertz CT molecular complexity index is 289. The fraction of sp³-hybridized carbons (Fsp3) is 0.250. The topological polar surface area (TPSA) is 9.23 Å². The second kappa shape index (κ2) is 3.76. The van der Waals surface area contributed by atoms with E-state index >= 15 is 0 Å². The van der Waals surface area contributed by atoms with Crippen molar-refractivity contribution in [2.45, 2.75) is 11.8 Å². The van der Waals surface area contributed by atoms with Gasteiger partial charge in [0.05, 0.1) is 6.61 Å². The summed E-state index contributed by atoms with van der Waals surface area (Å²) >= 11 is 3.88. The van der Waals surface area contributed by atoms with Gasteiger partial charge in [-0.1, -0.05) is 0 Å². The van der Waals surface area contributed by atoms with Crippen LogP contribution >= 0.6 is 12.6 Å². The molecule has 0 aliphatic rings. The van der Waals surface area contributed by atoms with E-state index in [1.54, 1.807) is 6.92 Å². The first-order valence-corrected chi connectivity index (χ1v) is 3.90. The first kappa shape index (κ1) is 9.32. The van der Waals surface area contributed by atoms with E-state index in [2.05, 4.69) is 12.6 Å². The summed E-state index contributed by atoms with van der Waals surface area (Å²) in [5, 5.41) is 0. The van der Waals surface area contributed by atoms with Gasteiger partial charge in [0.2, 0.25) is 5.82 Å². The molecule has 0 fully saturated rings. The lowest BCUT2D eigenvalue weighted by Crippen LogP contribution is -1.96. The second-order valence-corrected chi connectivity index (χ2v) is 2.69. The molecule has 1 rings (SSSR count). The summed E-state index contributed by atoms with van der Waals surface area (Å²) in [7, 11) is 0. The fourth-order valence-electron chi connectivity index (χ4n) is 0.811. The van der Waals surface area contributed by atoms with Gasteiger partial charge < -0.3 is 4.74 Å². The molecular weight excluding hydrogens is 182 g/mol. The van der Waals surface area contributed by atoms with E-state index in [9.17, 15) is 8.78 Å². The monoisotopic (exact) mass is 190 g/mol. The Kier molecular flexibility index (Phi) is 2.92. The Morgan fingerprint density at radius 1 is 1.42 bits per heavy atom. The molecule has 0 aliphatic carbocycles. The molecule has 66 valence electrons. The van der Waals surface area contributed by atoms with Crippen molar-refractivity contribution in [1.82, 2.24) is 0 Å². The van der Waals surface area contributed by atoms with Crippen molar-refractivity contribution in [3.05, 3.63) is 23.8 Å². The lowest BCUT2D eigenvalue weighted by Gasteiger charge is -2.05. The molecule has 1 aromatic carbocycles. The average Bonchev–Trinajstić information content (AvgIpc) is 2.00. The molecule has 0 N–H and O–H groups in total. The van der Waals surface area contributed by atoms with Crippen molar-refractivity contribution in [2.24, 2.45) is 0 Å². The number of thiol groups is 1. The Labute approximate surface area is 74.8 Å². The van der Waals surface area contributed by atoms with Gasteiger partial charge in [0, 0.05) is 4.90 Å². The predicted molar refractivity (Wildman–Crippen MR) is 44.8 cm³/mol. The summed E-state index contributed by atoms with van der Waals surface area (Å²) in [6, 6.07) is 2.34. The molecule has 0 aliphatic heterocycles. The molecule has 12 heavy (non-hydrogen) atoms. The molecule has 0 radical (unpaired) electrons. The summed E-state index contributed by atoms with van der Waals surface area (Å²) in [6.45, 7) is 2.00. The number of benzene rings is 1. The van der Waals surface area contributed by atoms with Crippen LogP contribution in [0, 0.1) is 11.6 Å². The minimum absolute atomic E-state index is 0.0949. The SMILES string of the molecule is CCOc1cc(S)cc(F)c1F. The van der Waals surface area contributed by atoms with Crippen molar-refractivity contribution < 1.29 is 13.5 Å². The van der Waals surface area contributed by atoms with E-state index in [0.717, 1.165) is 6.07 Å². The highest BCUT2D eigenvalue weighted by Crippen LogP contribution is 2.23. The van der Waals surface area contributed by atoms with Gasteiger partial charge in [-0.15, -0.1) is 12.6 Å². The van der Waals surface area contributed by atoms with Crippen LogP contribution in [0.5, 0.6) is 5.75 Å². The van der Waals surface area contributed by atoms with Gasteiger partial charge in [0.1, 0.15) is 0 Å². The highest BCUT2D eigenvalue weighted by Gasteiger charge is 2.09. The molecule has 0 heterocycles. The standard InChI is InChI=1S/C8H8F2OS/c1-2-11-7-4-5(12)3-6(9)8(7)10/h3-4,12H,2H2,1H3. The van der Waals surface area contributed by atoms with E-state index in [0.29, 0.717) is 11.5 Å². The van der Waals surface area contributed by atoms with Gasteiger partial charge in [-0.2, -0.15) is 4.39 Å². The van der Waals surface area contributed by atoms with E-state index in [1.165, 1.54) is 6.07 Å². The lowest BCUT2D eigenvalue weighted by molar-refractivity contribution is 0.313. The van der Waals surface area contributed by atoms with Gasteiger partial charge >= 0.3 is 0 Å². The average molecular weight is 190 g/mol. The second-order valence-electron chi connectivity index (χ2n) is 2.17. The van der Waals surface area contributed by atoms with Crippen LogP contribution in [0.2, 0.25) is 0 Å². The molecule has 0 amide bonds. The molecule has 0 saturated heterocycles. The van der Waals surface area contributed by atoms with Crippen molar-refractivity contribution >= 4 is 12.6 Å². The summed E-state index contributed by atoms with van der Waals surface area (Å²) in [4.78, 5) is 0.345. The van der Waals surface area contributed by atoms with E-state index < -0.39 is 11.6 Å². The minimum Gasteiger partial charge on any atom is -0.491 e. The van der Waals surface area contributed by atoms with Gasteiger partial charge in [0.15, 0.2) is 11.6 Å². The van der Waals surface area contributed by atoms with Gasteiger partial charge in [0.25, 0.3) is 0 Å². The highest BCUT2D eigenvalue weighted by atomic mass is 32.1. The predicted octanol–water partition coefficient (Wildman–Crippen LogP) is 2.65. The third-order valence-corrected chi connectivity index (χ3v) is 1.54. The van der Waals surface area contributed by atoms with Crippen LogP contribution in [-0.2, 0) is 0 Å². The maximum absolute atomic E-state index is 12.8. The van der Waals surface area contributed by atoms with Crippen LogP contribution in [-0.4, -0.2) is 6.61 Å². The summed E-state index contributed by atoms with van der Waals surface area (Å²) in [5.74, 6) is -2.00. The van der Waals surface area contributed by atoms with E-state index in [-0.39, 0.29) is 5.75 Å². The first-order chi connectivity index (χ1) is 5.65. The fourth-order valence-corrected chi connectivity index (χ4v) is 1.04. The molecule has 0 aromatic heterocycles. The molecule has 0 saturated carbocycles. The van der Waals surface area contributed by atoms with Crippen LogP contribution in [0.25, 0.3) is 0 Å². The first-order valence-electron chi connectivity index (χ1n) is 3.46. The Balaban J connectivity index is 3.09. The Hall–Kier alpha value is -0.770. The van der Waals surface area contributed by atoms with Gasteiger partial charge in [-0.05, 0) is 19.1 Å². The number of ether oxygens (including phenoxy) is 1. The smallest absolute Gasteiger partial charge is 0.200 e. The highest BCUT2D eigenvalue weighted by molar-refractivity contribution is 7.80. The van der Waals surface area contributed by atoms with Crippen molar-refractivity contribution in [3.8, 4) is 5.75 Å². The Morgan fingerprint density at radius 2 is 2.08 bits per heavy atom. The van der Waals surface area contributed by atoms with Crippen LogP contribution in [0.4, 0.5) is 8.78 Å². The maximum atomic E-state index is 12.8. The minimum atomic E-state index is -0.963. The molecule has 4 heteroatoms. The van der Waals surface area contributed by atoms with Crippen molar-refractivity contribution in [2.75, 3.05) is 6.61 Å². The largest absolute Gasteiger partial charge is 0.491 e. The zero-order chi connectivity index (χ0) is 9.14. The van der Waals surface area contributed by atoms with E-state index in [1.807, 2.05) is 0 Å². The zero-order valence-electron chi connectivity index (χ0n) is 6.47. The molecule has 0 atom stereocenters. The summed E-state index contributed by atoms with van der Waals surface area (Å²) < 4.78 is 30.3. The van der Waals surface area contributed by atoms with Gasteiger partial charge in [-0.3, -0.25) is 0 Å². The number of rotatable bonds is 2. The maximum Gasteiger partial charge on any atom is 0.200 e. The number of hydrogen-bond donors (Lipinski definition) is 1. The number of hydrogen-bond acceptors (Lipinski definition) is 2. The molecule has 0 unspecified atom stereocenters. The van der Waals surface area contributed by atoms with Crippen molar-refractivity contribution in [3.63, 3.8) is 0 Å².